The monoisotopic (exact) mass is 596 g/mol. The highest BCUT2D eigenvalue weighted by molar-refractivity contribution is 6.06. The van der Waals surface area contributed by atoms with Crippen molar-refractivity contribution < 1.29 is 19.1 Å². The summed E-state index contributed by atoms with van der Waals surface area (Å²) in [4.78, 5) is 37.0. The number of ether oxygens (including phenoxy) is 2. The number of nitrogens with one attached hydrogen (secondary N) is 3. The zero-order chi connectivity index (χ0) is 31.6. The van der Waals surface area contributed by atoms with Gasteiger partial charge in [-0.15, -0.1) is 0 Å². The summed E-state index contributed by atoms with van der Waals surface area (Å²) < 4.78 is 11.8. The summed E-state index contributed by atoms with van der Waals surface area (Å²) in [7, 11) is 5.48. The van der Waals surface area contributed by atoms with Gasteiger partial charge in [-0.25, -0.2) is 4.98 Å². The number of hydrogen-bond acceptors (Lipinski definition) is 8. The highest BCUT2D eigenvalue weighted by Crippen LogP contribution is 2.34. The molecule has 3 N–H and O–H groups in total. The molecule has 0 aliphatic carbocycles. The van der Waals surface area contributed by atoms with E-state index in [2.05, 4.69) is 32.8 Å². The molecule has 0 radical (unpaired) electrons. The van der Waals surface area contributed by atoms with E-state index in [0.717, 1.165) is 41.8 Å². The first-order chi connectivity index (χ1) is 21.2. The number of likely N-dealkylation sites (N-methyl/N-ethyl adjacent to an activating group) is 1. The van der Waals surface area contributed by atoms with E-state index in [-0.39, 0.29) is 23.3 Å². The van der Waals surface area contributed by atoms with Gasteiger partial charge in [0, 0.05) is 36.2 Å². The number of anilines is 3. The zero-order valence-electron chi connectivity index (χ0n) is 26.2. The van der Waals surface area contributed by atoms with Gasteiger partial charge in [-0.1, -0.05) is 37.6 Å². The van der Waals surface area contributed by atoms with Crippen LogP contribution in [0.25, 0.3) is 0 Å². The first-order valence-corrected chi connectivity index (χ1v) is 14.6. The Morgan fingerprint density at radius 3 is 2.32 bits per heavy atom. The van der Waals surface area contributed by atoms with Gasteiger partial charge in [0.1, 0.15) is 5.56 Å². The summed E-state index contributed by atoms with van der Waals surface area (Å²) in [6.45, 7) is 7.29. The van der Waals surface area contributed by atoms with Crippen molar-refractivity contribution in [2.45, 2.75) is 33.6 Å². The van der Waals surface area contributed by atoms with Gasteiger partial charge in [-0.2, -0.15) is 4.98 Å². The molecule has 0 atom stereocenters. The summed E-state index contributed by atoms with van der Waals surface area (Å²) in [5, 5.41) is 9.03. The largest absolute Gasteiger partial charge is 0.493 e. The predicted octanol–water partition coefficient (Wildman–Crippen LogP) is 6.13. The quantitative estimate of drug-likeness (QED) is 0.169. The lowest BCUT2D eigenvalue weighted by Gasteiger charge is -2.16. The Hall–Kier alpha value is -4.96. The summed E-state index contributed by atoms with van der Waals surface area (Å²) in [5.74, 6) is 0.670. The van der Waals surface area contributed by atoms with E-state index in [1.165, 1.54) is 6.20 Å². The van der Waals surface area contributed by atoms with Gasteiger partial charge in [0.05, 0.1) is 7.11 Å². The molecule has 10 heteroatoms. The molecule has 2 amide bonds. The van der Waals surface area contributed by atoms with Gasteiger partial charge in [0.15, 0.2) is 11.5 Å². The van der Waals surface area contributed by atoms with Crippen molar-refractivity contribution in [2.24, 2.45) is 0 Å². The Morgan fingerprint density at radius 2 is 1.66 bits per heavy atom. The Bertz CT molecular complexity index is 1580. The van der Waals surface area contributed by atoms with E-state index in [0.29, 0.717) is 29.3 Å². The number of rotatable bonds is 13. The average molecular weight is 597 g/mol. The third-order valence-corrected chi connectivity index (χ3v) is 6.94. The molecule has 0 aliphatic rings. The van der Waals surface area contributed by atoms with E-state index in [9.17, 15) is 9.59 Å². The van der Waals surface area contributed by atoms with Gasteiger partial charge < -0.3 is 30.3 Å². The lowest BCUT2D eigenvalue weighted by Crippen LogP contribution is -2.31. The minimum absolute atomic E-state index is 0.0599. The molecule has 4 aromatic rings. The number of carbonyl (C=O) groups excluding carboxylic acids is 2. The fourth-order valence-corrected chi connectivity index (χ4v) is 4.53. The second-order valence-electron chi connectivity index (χ2n) is 10.7. The molecule has 0 fully saturated rings. The van der Waals surface area contributed by atoms with Crippen LogP contribution in [0, 0.1) is 13.8 Å². The van der Waals surface area contributed by atoms with Gasteiger partial charge in [-0.05, 0) is 87.5 Å². The van der Waals surface area contributed by atoms with Crippen LogP contribution in [0.3, 0.4) is 0 Å². The molecule has 0 aliphatic heterocycles. The third-order valence-electron chi connectivity index (χ3n) is 6.94. The van der Waals surface area contributed by atoms with Crippen molar-refractivity contribution in [3.8, 4) is 17.4 Å². The van der Waals surface area contributed by atoms with Crippen LogP contribution in [-0.4, -0.2) is 61.0 Å². The van der Waals surface area contributed by atoms with Crippen LogP contribution in [-0.2, 0) is 6.42 Å². The Kier molecular flexibility index (Phi) is 10.9. The molecular formula is C34H40N6O4. The summed E-state index contributed by atoms with van der Waals surface area (Å²) in [6, 6.07) is 18.5. The normalized spacial score (nSPS) is 10.8. The number of amides is 2. The third kappa shape index (κ3) is 8.32. The highest BCUT2D eigenvalue weighted by Gasteiger charge is 2.20. The number of benzene rings is 3. The fourth-order valence-electron chi connectivity index (χ4n) is 4.53. The molecule has 0 bridgehead atoms. The smallest absolute Gasteiger partial charge is 0.262 e. The van der Waals surface area contributed by atoms with Gasteiger partial charge in [0.2, 0.25) is 11.8 Å². The van der Waals surface area contributed by atoms with Crippen molar-refractivity contribution in [3.63, 3.8) is 0 Å². The number of para-hydroxylation sites is 1. The van der Waals surface area contributed by atoms with Crippen LogP contribution in [0.1, 0.15) is 50.8 Å². The first-order valence-electron chi connectivity index (χ1n) is 14.6. The number of aryl methyl sites for hydroxylation is 3. The molecule has 44 heavy (non-hydrogen) atoms. The predicted molar refractivity (Wildman–Crippen MR) is 174 cm³/mol. The highest BCUT2D eigenvalue weighted by atomic mass is 16.5. The molecule has 1 heterocycles. The molecule has 0 saturated carbocycles. The van der Waals surface area contributed by atoms with Gasteiger partial charge >= 0.3 is 0 Å². The molecule has 10 nitrogen and oxygen atoms in total. The Labute approximate surface area is 258 Å². The van der Waals surface area contributed by atoms with E-state index >= 15 is 0 Å². The van der Waals surface area contributed by atoms with Crippen molar-refractivity contribution in [1.82, 2.24) is 20.2 Å². The number of carbonyl (C=O) groups is 2. The summed E-state index contributed by atoms with van der Waals surface area (Å²) in [6.07, 6.45) is 3.32. The summed E-state index contributed by atoms with van der Waals surface area (Å²) in [5.41, 5.74) is 5.06. The minimum atomic E-state index is -0.407. The molecule has 3 aromatic carbocycles. The van der Waals surface area contributed by atoms with Crippen LogP contribution in [0.2, 0.25) is 0 Å². The maximum atomic E-state index is 13.5. The van der Waals surface area contributed by atoms with Crippen LogP contribution >= 0.6 is 0 Å². The lowest BCUT2D eigenvalue weighted by molar-refractivity contribution is 0.0950. The topological polar surface area (TPSA) is 118 Å². The molecule has 1 aromatic heterocycles. The van der Waals surface area contributed by atoms with Crippen molar-refractivity contribution in [1.29, 1.82) is 0 Å². The number of methoxy groups -OCH3 is 1. The van der Waals surface area contributed by atoms with Crippen molar-refractivity contribution in [3.05, 3.63) is 94.7 Å². The van der Waals surface area contributed by atoms with Crippen LogP contribution in [0.5, 0.6) is 17.4 Å². The van der Waals surface area contributed by atoms with Crippen molar-refractivity contribution >= 4 is 29.1 Å². The van der Waals surface area contributed by atoms with Crippen LogP contribution in [0.15, 0.2) is 66.9 Å². The fraction of sp³-hybridized carbons (Fsp3) is 0.294. The average Bonchev–Trinajstić information content (AvgIpc) is 3.00. The molecule has 0 saturated heterocycles. The minimum Gasteiger partial charge on any atom is -0.493 e. The molecule has 4 rings (SSSR count). The maximum Gasteiger partial charge on any atom is 0.262 e. The Morgan fingerprint density at radius 1 is 0.932 bits per heavy atom. The van der Waals surface area contributed by atoms with Crippen LogP contribution in [0.4, 0.5) is 17.3 Å². The molecular weight excluding hydrogens is 556 g/mol. The number of aromatic nitrogens is 2. The van der Waals surface area contributed by atoms with E-state index in [1.54, 1.807) is 31.4 Å². The first kappa shape index (κ1) is 32.0. The molecule has 0 unspecified atom stereocenters. The Balaban J connectivity index is 1.61. The van der Waals surface area contributed by atoms with E-state index < -0.39 is 5.91 Å². The van der Waals surface area contributed by atoms with E-state index in [1.807, 2.05) is 69.2 Å². The van der Waals surface area contributed by atoms with Crippen LogP contribution < -0.4 is 25.4 Å². The van der Waals surface area contributed by atoms with E-state index in [4.69, 9.17) is 9.47 Å². The second kappa shape index (κ2) is 15.0. The number of hydrogen-bond donors (Lipinski definition) is 3. The van der Waals surface area contributed by atoms with Gasteiger partial charge in [0.25, 0.3) is 11.8 Å². The van der Waals surface area contributed by atoms with Gasteiger partial charge in [-0.3, -0.25) is 9.59 Å². The SMILES string of the molecule is CCCc1ccc(Oc2nc(Nc3ccc(C(=O)NCCN(C)C)cc3)ncc2C(=O)Nc2c(C)cccc2C)c(OC)c1. The lowest BCUT2D eigenvalue weighted by atomic mass is 10.1. The standard InChI is InChI=1S/C34H40N6O4/c1-7-9-24-12-17-28(29(20-24)43-6)44-33-27(32(42)38-30-22(2)10-8-11-23(30)3)21-36-34(39-33)37-26-15-13-25(14-16-26)31(41)35-18-19-40(4)5/h8,10-17,20-21H,7,9,18-19H2,1-6H3,(H,35,41)(H,38,42)(H,36,37,39). The summed E-state index contributed by atoms with van der Waals surface area (Å²) >= 11 is 0. The number of nitrogens with zero attached hydrogens (tertiary/aromatic N) is 3. The maximum absolute atomic E-state index is 13.5. The van der Waals surface area contributed by atoms with Crippen molar-refractivity contribution in [2.75, 3.05) is 44.9 Å². The molecule has 0 spiro atoms. The zero-order valence-corrected chi connectivity index (χ0v) is 26.2. The molecule has 230 valence electrons. The second-order valence-corrected chi connectivity index (χ2v) is 10.7.